The van der Waals surface area contributed by atoms with Gasteiger partial charge in [-0.25, -0.2) is 44.7 Å². The van der Waals surface area contributed by atoms with E-state index in [0.29, 0.717) is 47.2 Å². The molecule has 129 heavy (non-hydrogen) atoms. The molecule has 13 rings (SSSR count). The third-order valence-electron chi connectivity index (χ3n) is 22.0. The summed E-state index contributed by atoms with van der Waals surface area (Å²) in [7, 11) is 0. The van der Waals surface area contributed by atoms with Crippen molar-refractivity contribution in [2.45, 2.75) is 236 Å². The first-order valence-electron chi connectivity index (χ1n) is 43.4. The number of carbonyl (C=O) groups is 3. The number of aliphatic hydroxyl groups is 7. The number of nitrogens with one attached hydrogen (secondary N) is 5. The van der Waals surface area contributed by atoms with Crippen LogP contribution in [0.2, 0.25) is 0 Å². The van der Waals surface area contributed by atoms with Crippen molar-refractivity contribution in [2.24, 2.45) is 17.4 Å². The molecule has 5 aliphatic heterocycles. The summed E-state index contributed by atoms with van der Waals surface area (Å²) >= 11 is 0. The number of epoxide rings is 1. The van der Waals surface area contributed by atoms with Gasteiger partial charge in [-0.1, -0.05) is 76.2 Å². The molecule has 16 N–H and O–H groups in total. The quantitative estimate of drug-likeness (QED) is 0.0153. The number of ether oxygens (including phenoxy) is 7. The molecule has 0 bridgehead atoms. The van der Waals surface area contributed by atoms with Crippen LogP contribution in [0, 0.1) is 52.5 Å². The number of aliphatic hydroxyl groups excluding tert-OH is 7. The predicted octanol–water partition coefficient (Wildman–Crippen LogP) is 12.2. The molecule has 5 aliphatic rings. The van der Waals surface area contributed by atoms with E-state index in [4.69, 9.17) is 44.6 Å². The summed E-state index contributed by atoms with van der Waals surface area (Å²) in [5.41, 5.74) is 19.9. The number of amides is 2. The van der Waals surface area contributed by atoms with Gasteiger partial charge in [0.2, 0.25) is 0 Å². The highest BCUT2D eigenvalue weighted by Crippen LogP contribution is 2.38. The lowest BCUT2D eigenvalue weighted by Crippen LogP contribution is -2.51. The van der Waals surface area contributed by atoms with Crippen LogP contribution in [0.4, 0.5) is 44.7 Å². The van der Waals surface area contributed by atoms with Crippen molar-refractivity contribution in [3.63, 3.8) is 0 Å². The maximum atomic E-state index is 13.7. The molecule has 0 aromatic heterocycles. The molecule has 24 nitrogen and oxygen atoms in total. The second kappa shape index (κ2) is 47.8. The lowest BCUT2D eigenvalue weighted by molar-refractivity contribution is -0.118. The molecule has 1 fully saturated rings. The molecule has 8 aromatic carbocycles. The molecule has 2 amide bonds. The number of nitrogens with two attached hydrogens (primary N) is 2. The van der Waals surface area contributed by atoms with E-state index < -0.39 is 149 Å². The maximum absolute atomic E-state index is 13.7. The van der Waals surface area contributed by atoms with Crippen molar-refractivity contribution in [2.75, 3.05) is 52.7 Å². The second-order valence-corrected chi connectivity index (χ2v) is 34.9. The Morgan fingerprint density at radius 3 is 1.07 bits per heavy atom. The van der Waals surface area contributed by atoms with Crippen LogP contribution in [-0.4, -0.2) is 185 Å². The highest BCUT2D eigenvalue weighted by molar-refractivity contribution is 5.76. The molecule has 8 aromatic rings. The highest BCUT2D eigenvalue weighted by atomic mass is 19.2. The molecule has 5 heterocycles. The van der Waals surface area contributed by atoms with E-state index in [-0.39, 0.29) is 101 Å². The van der Waals surface area contributed by atoms with Gasteiger partial charge in [-0.05, 0) is 223 Å². The Bertz CT molecular complexity index is 4930. The molecule has 0 unspecified atom stereocenters. The molecule has 1 saturated heterocycles. The first-order chi connectivity index (χ1) is 61.0. The fourth-order valence-corrected chi connectivity index (χ4v) is 15.3. The number of fused-ring (bicyclic) bond motifs is 4. The normalized spacial score (nSPS) is 20.4. The van der Waals surface area contributed by atoms with Gasteiger partial charge >= 0.3 is 12.2 Å². The van der Waals surface area contributed by atoms with Gasteiger partial charge in [-0.15, -0.1) is 0 Å². The van der Waals surface area contributed by atoms with Gasteiger partial charge in [0.15, 0.2) is 0 Å². The summed E-state index contributed by atoms with van der Waals surface area (Å²) < 4.78 is 145. The van der Waals surface area contributed by atoms with Gasteiger partial charge in [-0.3, -0.25) is 0 Å². The third kappa shape index (κ3) is 32.3. The number of carbonyl (C=O) groups excluding carboxylic acids is 3. The zero-order chi connectivity index (χ0) is 94.3. The number of hydrogen-bond donors (Lipinski definition) is 14. The Morgan fingerprint density at radius 2 is 0.721 bits per heavy atom. The van der Waals surface area contributed by atoms with Crippen LogP contribution in [0.1, 0.15) is 174 Å². The first kappa shape index (κ1) is 103. The van der Waals surface area contributed by atoms with E-state index in [2.05, 4.69) is 33.5 Å². The topological polar surface area (TPSA) is 373 Å². The lowest BCUT2D eigenvalue weighted by Gasteiger charge is -2.33. The van der Waals surface area contributed by atoms with Crippen LogP contribution in [-0.2, 0) is 70.4 Å². The molecule has 0 saturated carbocycles. The summed E-state index contributed by atoms with van der Waals surface area (Å²) in [5.74, 6) is -3.33. The average molecular weight is 1810 g/mol. The van der Waals surface area contributed by atoms with Gasteiger partial charge in [0, 0.05) is 78.6 Å². The second-order valence-electron chi connectivity index (χ2n) is 34.9. The highest BCUT2D eigenvalue weighted by Gasteiger charge is 2.38. The van der Waals surface area contributed by atoms with Gasteiger partial charge in [0.05, 0.1) is 61.2 Å². The van der Waals surface area contributed by atoms with Crippen LogP contribution in [0.3, 0.4) is 0 Å². The maximum Gasteiger partial charge on any atom is 0.407 e. The fourth-order valence-electron chi connectivity index (χ4n) is 15.3. The largest absolute Gasteiger partial charge is 0.490 e. The molecule has 704 valence electrons. The Hall–Kier alpha value is -9.91. The van der Waals surface area contributed by atoms with Gasteiger partial charge in [-0.2, -0.15) is 0 Å². The Kier molecular flexibility index (Phi) is 38.1. The number of halogens is 8. The number of ketones is 1. The van der Waals surface area contributed by atoms with Crippen LogP contribution >= 0.6 is 0 Å². The minimum atomic E-state index is -1.17. The van der Waals surface area contributed by atoms with E-state index in [1.54, 1.807) is 41.5 Å². The number of rotatable bonds is 29. The summed E-state index contributed by atoms with van der Waals surface area (Å²) in [5, 5.41) is 87.9. The summed E-state index contributed by atoms with van der Waals surface area (Å²) in [4.78, 5) is 35.9. The molecule has 32 heteroatoms. The smallest absolute Gasteiger partial charge is 0.407 e. The molecular formula is C97H123F8N7O17. The van der Waals surface area contributed by atoms with Crippen LogP contribution < -0.4 is 57.0 Å². The Morgan fingerprint density at radius 1 is 0.411 bits per heavy atom. The summed E-state index contributed by atoms with van der Waals surface area (Å²) in [6.45, 7) is 21.4. The standard InChI is InChI=1S/C26H34F2N2O5.C24H29F2NO4.C21H26F2N2O3.C15H19F2NO3.C11H15NO2/c1-5-15-6-7-23-19(10-15)24(22(32)14-34-23)29-13-21(31)20(30-25(33)35-26(2,3)4)11-16-8-17(27)12-18(28)9-16;1-3-15-4-5-23-20(10-15)24(22(30)13-31-23)27-12-21(29)17(6-14(2)28)7-16-8-18(25)11-19(26)9-16;1-2-12-3-4-20-16(7-12)21(19(27)11-28-20)25-10-18(26)17(24)8-13-5-14(22)9-15(23)6-13;1-15(2,3)21-14(19)18-12(13-8-20-13)6-9-4-10(16)7-11(17)5-9;1-2-7-3-4-10-8(5-7)11(12)9(13)6-14-10/h6-10,12,20-22,24,29,31-32H,5,11,13-14H2,1-4H3,(H,30,33);4-5,8-11,17,21-22,24,27,29-30H,3,6-7,12-13H2,1-2H3;3-7,9,17-19,21,25-27H,2,8,10-11,24H2,1H3;4-5,7,12-13H,6,8H2,1-3H3,(H,18,19);3-5,9,11,13H,2,6,12H2,1H3/t20-,21+,22+,24-;17-,21+,22+,24-;17-,18+,19+,21-;12-,13+;9-,11+/m00001/s1. The number of aryl methyl sites for hydroxylation is 4. The summed E-state index contributed by atoms with van der Waals surface area (Å²) in [6.07, 6.45) is -3.49. The van der Waals surface area contributed by atoms with Crippen molar-refractivity contribution >= 4 is 18.0 Å². The van der Waals surface area contributed by atoms with E-state index in [9.17, 15) is 85.3 Å². The van der Waals surface area contributed by atoms with Gasteiger partial charge < -0.3 is 112 Å². The SMILES string of the molecule is CC(C)(C)OC(=O)N[C@@H](Cc1cc(F)cc(F)c1)[C@H]1CO1.CCc1ccc2c(c1)[C@H](N)[C@H](O)CO2.CCc1ccc2c(c1)[C@H](NC[C@@H](O)[C@@H](CC(C)=O)Cc1cc(F)cc(F)c1)[C@H](O)CO2.CCc1ccc2c(c1)[C@H](NC[C@@H](O)[C@@H](N)Cc1cc(F)cc(F)c1)[C@H](O)CO2.CCc1ccc2c(c1)[C@H](NC[C@@H](O)[C@H](Cc1cc(F)cc(F)c1)NC(=O)OC(C)(C)C)[C@H](O)CO2. The zero-order valence-electron chi connectivity index (χ0n) is 74.5. The van der Waals surface area contributed by atoms with Crippen molar-refractivity contribution in [3.05, 3.63) is 259 Å². The fraction of sp³-hybridized carbons (Fsp3) is 0.474. The molecule has 0 aliphatic carbocycles. The number of hydrogen-bond acceptors (Lipinski definition) is 22. The number of Topliss-reactive ketones (excluding diaryl/α,β-unsaturated/α-hetero) is 1. The third-order valence-corrected chi connectivity index (χ3v) is 22.0. The zero-order valence-corrected chi connectivity index (χ0v) is 74.5. The Labute approximate surface area is 747 Å². The monoisotopic (exact) mass is 1810 g/mol. The number of benzene rings is 8. The minimum Gasteiger partial charge on any atom is -0.490 e. The van der Waals surface area contributed by atoms with E-state index in [1.165, 1.54) is 48.9 Å². The van der Waals surface area contributed by atoms with Crippen molar-refractivity contribution in [1.29, 1.82) is 0 Å². The molecule has 0 radical (unpaired) electrons. The lowest BCUT2D eigenvalue weighted by atomic mass is 9.88. The van der Waals surface area contributed by atoms with E-state index >= 15 is 0 Å². The Balaban J connectivity index is 0.000000187. The molecule has 0 spiro atoms. The van der Waals surface area contributed by atoms with Crippen LogP contribution in [0.5, 0.6) is 23.0 Å². The van der Waals surface area contributed by atoms with Crippen molar-refractivity contribution in [3.8, 4) is 23.0 Å². The molecular weight excluding hydrogens is 1690 g/mol. The van der Waals surface area contributed by atoms with Gasteiger partial charge in [0.1, 0.15) is 143 Å². The predicted molar refractivity (Wildman–Crippen MR) is 470 cm³/mol. The van der Waals surface area contributed by atoms with Crippen LogP contribution in [0.25, 0.3) is 0 Å². The summed E-state index contributed by atoms with van der Waals surface area (Å²) in [6, 6.07) is 32.5. The first-order valence-corrected chi connectivity index (χ1v) is 43.4. The van der Waals surface area contributed by atoms with Crippen molar-refractivity contribution < 1.29 is 118 Å². The van der Waals surface area contributed by atoms with Crippen molar-refractivity contribution in [1.82, 2.24) is 26.6 Å². The van der Waals surface area contributed by atoms with Crippen LogP contribution in [0.15, 0.2) is 146 Å². The van der Waals surface area contributed by atoms with Gasteiger partial charge in [0.25, 0.3) is 0 Å². The average Bonchev–Trinajstić information content (AvgIpc) is 1.74. The van der Waals surface area contributed by atoms with E-state index in [0.717, 1.165) is 107 Å². The minimum absolute atomic E-state index is 0.0181. The molecule has 16 atom stereocenters. The van der Waals surface area contributed by atoms with E-state index in [1.807, 2.05) is 93.6 Å². The number of alkyl carbamates (subject to hydrolysis) is 2.